The van der Waals surface area contributed by atoms with E-state index in [1.54, 1.807) is 0 Å². The first kappa shape index (κ1) is 19.9. The quantitative estimate of drug-likeness (QED) is 0.611. The first-order valence-corrected chi connectivity index (χ1v) is 9.36. The molecule has 0 saturated heterocycles. The lowest BCUT2D eigenvalue weighted by molar-refractivity contribution is -0.147. The van der Waals surface area contributed by atoms with Crippen molar-refractivity contribution in [2.45, 2.75) is 37.4 Å². The van der Waals surface area contributed by atoms with Crippen LogP contribution in [0.5, 0.6) is 5.75 Å². The van der Waals surface area contributed by atoms with Gasteiger partial charge in [-0.1, -0.05) is 11.6 Å². The highest BCUT2D eigenvalue weighted by Gasteiger charge is 2.68. The van der Waals surface area contributed by atoms with E-state index < -0.39 is 17.6 Å². The number of nitrogens with one attached hydrogen (secondary N) is 1. The third kappa shape index (κ3) is 4.03. The summed E-state index contributed by atoms with van der Waals surface area (Å²) in [4.78, 5) is 15.9. The van der Waals surface area contributed by atoms with Gasteiger partial charge in [0.15, 0.2) is 5.78 Å². The van der Waals surface area contributed by atoms with Crippen LogP contribution in [-0.4, -0.2) is 22.9 Å². The molecule has 0 unspecified atom stereocenters. The van der Waals surface area contributed by atoms with Crippen molar-refractivity contribution in [1.29, 1.82) is 0 Å². The summed E-state index contributed by atoms with van der Waals surface area (Å²) in [5.74, 6) is -0.490. The Morgan fingerprint density at radius 2 is 1.93 bits per heavy atom. The van der Waals surface area contributed by atoms with Crippen LogP contribution in [0.25, 0.3) is 0 Å². The number of Topliss-reactive ketones (excluding diaryl/α,β-unsaturated/α-hetero) is 1. The van der Waals surface area contributed by atoms with Gasteiger partial charge in [-0.2, -0.15) is 13.2 Å². The van der Waals surface area contributed by atoms with Gasteiger partial charge in [-0.15, -0.1) is 0 Å². The lowest BCUT2D eigenvalue weighted by Crippen LogP contribution is -2.71. The Morgan fingerprint density at radius 1 is 1.21 bits per heavy atom. The molecular weight excluding hydrogens is 412 g/mol. The fourth-order valence-corrected chi connectivity index (χ4v) is 4.61. The fraction of sp³-hybridized carbons (Fsp3) is 0.400. The maximum Gasteiger partial charge on any atom is 0.417 e. The van der Waals surface area contributed by atoms with E-state index in [0.29, 0.717) is 31.4 Å². The molecule has 4 nitrogen and oxygen atoms in total. The summed E-state index contributed by atoms with van der Waals surface area (Å²) in [6.07, 6.45) is 0.164. The molecule has 0 aliphatic heterocycles. The highest BCUT2D eigenvalue weighted by Crippen LogP contribution is 2.70. The number of carbonyl (C=O) groups is 1. The number of rotatable bonds is 7. The molecule has 1 aromatic heterocycles. The molecule has 3 aliphatic rings. The Kier molecular flexibility index (Phi) is 4.72. The largest absolute Gasteiger partial charge is 0.486 e. The molecule has 154 valence electrons. The average Bonchev–Trinajstić information content (AvgIpc) is 2.59. The fourth-order valence-electron chi connectivity index (χ4n) is 4.49. The van der Waals surface area contributed by atoms with Gasteiger partial charge < -0.3 is 10.1 Å². The predicted molar refractivity (Wildman–Crippen MR) is 98.4 cm³/mol. The number of carbonyl (C=O) groups excluding carboxylic acids is 1. The van der Waals surface area contributed by atoms with Crippen LogP contribution in [0.1, 0.15) is 31.2 Å². The number of ketones is 1. The van der Waals surface area contributed by atoms with Crippen LogP contribution in [0.15, 0.2) is 36.7 Å². The Bertz CT molecular complexity index is 944. The molecular formula is C20H17ClF4N2O2. The number of nitrogens with zero attached hydrogens (tertiary/aromatic N) is 1. The first-order valence-electron chi connectivity index (χ1n) is 8.98. The molecule has 9 heteroatoms. The smallest absolute Gasteiger partial charge is 0.417 e. The maximum absolute atomic E-state index is 13.4. The number of aromatic nitrogens is 1. The van der Waals surface area contributed by atoms with Crippen molar-refractivity contribution in [3.8, 4) is 5.75 Å². The van der Waals surface area contributed by atoms with E-state index in [1.807, 2.05) is 0 Å². The highest BCUT2D eigenvalue weighted by molar-refractivity contribution is 6.30. The molecule has 3 fully saturated rings. The molecule has 0 spiro atoms. The minimum absolute atomic E-state index is 0.0219. The minimum atomic E-state index is -4.44. The van der Waals surface area contributed by atoms with Crippen LogP contribution in [-0.2, 0) is 11.0 Å². The van der Waals surface area contributed by atoms with Gasteiger partial charge in [-0.05, 0) is 42.9 Å². The van der Waals surface area contributed by atoms with E-state index in [2.05, 4.69) is 10.3 Å². The minimum Gasteiger partial charge on any atom is -0.486 e. The molecule has 0 amide bonds. The van der Waals surface area contributed by atoms with Gasteiger partial charge in [0.1, 0.15) is 18.2 Å². The standard InChI is InChI=1S/C20H17ClF4N2O2/c21-16-2-1-15(4-17(16)22)29-8-14(28)5-18-9-19(10-18,11-18)27-13-3-12(6-26-7-13)20(23,24)25/h1-4,6-7,27H,5,8-11H2. The molecule has 1 aromatic carbocycles. The molecule has 2 aromatic rings. The van der Waals surface area contributed by atoms with E-state index >= 15 is 0 Å². The summed E-state index contributed by atoms with van der Waals surface area (Å²) in [6, 6.07) is 5.01. The highest BCUT2D eigenvalue weighted by atomic mass is 35.5. The third-order valence-corrected chi connectivity index (χ3v) is 5.78. The van der Waals surface area contributed by atoms with Gasteiger partial charge in [0.2, 0.25) is 0 Å². The van der Waals surface area contributed by atoms with Crippen LogP contribution in [0.4, 0.5) is 23.2 Å². The SMILES string of the molecule is O=C(COc1ccc(Cl)c(F)c1)CC12CC(Nc3cncc(C(F)(F)F)c3)(C1)C2. The molecule has 0 radical (unpaired) electrons. The number of halogens is 5. The van der Waals surface area contributed by atoms with E-state index in [4.69, 9.17) is 16.3 Å². The number of alkyl halides is 3. The van der Waals surface area contributed by atoms with Crippen LogP contribution < -0.4 is 10.1 Å². The van der Waals surface area contributed by atoms with Crippen molar-refractivity contribution in [2.24, 2.45) is 5.41 Å². The summed E-state index contributed by atoms with van der Waals surface area (Å²) in [5, 5.41) is 3.12. The Balaban J connectivity index is 1.27. The first-order chi connectivity index (χ1) is 13.6. The number of benzene rings is 1. The van der Waals surface area contributed by atoms with E-state index in [1.165, 1.54) is 18.3 Å². The molecule has 0 atom stereocenters. The molecule has 3 saturated carbocycles. The molecule has 1 heterocycles. The van der Waals surface area contributed by atoms with Gasteiger partial charge in [-0.3, -0.25) is 9.78 Å². The second-order valence-electron chi connectivity index (χ2n) is 7.98. The average molecular weight is 429 g/mol. The van der Waals surface area contributed by atoms with Crippen molar-refractivity contribution in [3.05, 3.63) is 53.1 Å². The zero-order valence-electron chi connectivity index (χ0n) is 15.2. The van der Waals surface area contributed by atoms with Crippen molar-refractivity contribution in [3.63, 3.8) is 0 Å². The summed E-state index contributed by atoms with van der Waals surface area (Å²) < 4.78 is 57.1. The molecule has 5 rings (SSSR count). The van der Waals surface area contributed by atoms with Gasteiger partial charge in [0.05, 0.1) is 16.3 Å². The molecule has 1 N–H and O–H groups in total. The number of hydrogen-bond acceptors (Lipinski definition) is 4. The second-order valence-corrected chi connectivity index (χ2v) is 8.38. The normalized spacial score (nSPS) is 25.0. The van der Waals surface area contributed by atoms with E-state index in [-0.39, 0.29) is 34.1 Å². The van der Waals surface area contributed by atoms with Crippen molar-refractivity contribution in [1.82, 2.24) is 4.98 Å². The zero-order valence-corrected chi connectivity index (χ0v) is 15.9. The Morgan fingerprint density at radius 3 is 2.59 bits per heavy atom. The van der Waals surface area contributed by atoms with Crippen molar-refractivity contribution >= 4 is 23.1 Å². The molecule has 2 bridgehead atoms. The number of hydrogen-bond donors (Lipinski definition) is 1. The van der Waals surface area contributed by atoms with Crippen LogP contribution in [0, 0.1) is 11.2 Å². The lowest BCUT2D eigenvalue weighted by atomic mass is 9.38. The maximum atomic E-state index is 13.4. The summed E-state index contributed by atoms with van der Waals surface area (Å²) >= 11 is 5.60. The number of ether oxygens (including phenoxy) is 1. The van der Waals surface area contributed by atoms with Gasteiger partial charge in [0.25, 0.3) is 0 Å². The number of anilines is 1. The second kappa shape index (κ2) is 6.86. The zero-order chi connectivity index (χ0) is 20.9. The predicted octanol–water partition coefficient (Wildman–Crippen LogP) is 5.27. The van der Waals surface area contributed by atoms with Gasteiger partial charge in [-0.25, -0.2) is 4.39 Å². The van der Waals surface area contributed by atoms with Crippen LogP contribution in [0.2, 0.25) is 5.02 Å². The Labute approximate surface area is 169 Å². The Hall–Kier alpha value is -2.35. The summed E-state index contributed by atoms with van der Waals surface area (Å²) in [6.45, 7) is -0.166. The lowest BCUT2D eigenvalue weighted by Gasteiger charge is -2.71. The summed E-state index contributed by atoms with van der Waals surface area (Å²) in [7, 11) is 0. The number of pyridine rings is 1. The topological polar surface area (TPSA) is 51.2 Å². The van der Waals surface area contributed by atoms with E-state index in [9.17, 15) is 22.4 Å². The van der Waals surface area contributed by atoms with Crippen molar-refractivity contribution < 1.29 is 27.1 Å². The summed E-state index contributed by atoms with van der Waals surface area (Å²) in [5.41, 5.74) is -0.873. The van der Waals surface area contributed by atoms with Crippen LogP contribution in [0.3, 0.4) is 0 Å². The van der Waals surface area contributed by atoms with Gasteiger partial charge in [0, 0.05) is 30.4 Å². The monoisotopic (exact) mass is 428 g/mol. The molecule has 3 aliphatic carbocycles. The van der Waals surface area contributed by atoms with Gasteiger partial charge >= 0.3 is 6.18 Å². The van der Waals surface area contributed by atoms with Crippen molar-refractivity contribution in [2.75, 3.05) is 11.9 Å². The third-order valence-electron chi connectivity index (χ3n) is 5.48. The van der Waals surface area contributed by atoms with Crippen LogP contribution >= 0.6 is 11.6 Å². The molecule has 29 heavy (non-hydrogen) atoms. The van der Waals surface area contributed by atoms with E-state index in [0.717, 1.165) is 18.3 Å².